The van der Waals surface area contributed by atoms with Crippen LogP contribution in [-0.4, -0.2) is 38.3 Å². The van der Waals surface area contributed by atoms with Crippen molar-refractivity contribution in [1.29, 1.82) is 0 Å². The molecule has 3 unspecified atom stereocenters. The van der Waals surface area contributed by atoms with Gasteiger partial charge in [-0.3, -0.25) is 4.99 Å². The Labute approximate surface area is 154 Å². The molecule has 4 nitrogen and oxygen atoms in total. The van der Waals surface area contributed by atoms with Gasteiger partial charge in [-0.05, 0) is 43.7 Å². The van der Waals surface area contributed by atoms with Crippen LogP contribution in [0.15, 0.2) is 29.3 Å². The van der Waals surface area contributed by atoms with Gasteiger partial charge >= 0.3 is 0 Å². The number of benzene rings is 1. The van der Waals surface area contributed by atoms with Crippen molar-refractivity contribution in [2.75, 3.05) is 20.2 Å². The van der Waals surface area contributed by atoms with E-state index in [2.05, 4.69) is 15.6 Å². The fourth-order valence-electron chi connectivity index (χ4n) is 5.63. The molecule has 1 saturated heterocycles. The van der Waals surface area contributed by atoms with Crippen LogP contribution < -0.4 is 10.6 Å². The Hall–Kier alpha value is -1.62. The van der Waals surface area contributed by atoms with Crippen LogP contribution in [0.4, 0.5) is 4.39 Å². The van der Waals surface area contributed by atoms with Crippen LogP contribution in [0.2, 0.25) is 0 Å². The van der Waals surface area contributed by atoms with Gasteiger partial charge in [0.2, 0.25) is 0 Å². The molecule has 3 aliphatic carbocycles. The third-order valence-electron chi connectivity index (χ3n) is 7.44. The van der Waals surface area contributed by atoms with Gasteiger partial charge < -0.3 is 15.4 Å². The van der Waals surface area contributed by atoms with Crippen LogP contribution in [-0.2, 0) is 10.2 Å². The van der Waals surface area contributed by atoms with E-state index in [9.17, 15) is 4.39 Å². The van der Waals surface area contributed by atoms with E-state index >= 15 is 0 Å². The van der Waals surface area contributed by atoms with Crippen LogP contribution in [0, 0.1) is 17.2 Å². The lowest BCUT2D eigenvalue weighted by atomic mass is 9.46. The largest absolute Gasteiger partial charge is 0.377 e. The molecule has 4 fully saturated rings. The highest BCUT2D eigenvalue weighted by atomic mass is 19.1. The summed E-state index contributed by atoms with van der Waals surface area (Å²) in [5.74, 6) is 1.39. The van der Waals surface area contributed by atoms with Crippen molar-refractivity contribution in [1.82, 2.24) is 10.6 Å². The van der Waals surface area contributed by atoms with Crippen LogP contribution in [0.5, 0.6) is 0 Å². The molecule has 0 bridgehead atoms. The number of hydrogen-bond acceptors (Lipinski definition) is 2. The minimum absolute atomic E-state index is 0.0737. The van der Waals surface area contributed by atoms with Crippen molar-refractivity contribution in [3.8, 4) is 0 Å². The predicted molar refractivity (Wildman–Crippen MR) is 99.7 cm³/mol. The van der Waals surface area contributed by atoms with Crippen LogP contribution in [0.25, 0.3) is 0 Å². The minimum atomic E-state index is -0.0897. The number of nitrogens with zero attached hydrogens (tertiary/aromatic N) is 1. The van der Waals surface area contributed by atoms with E-state index < -0.39 is 0 Å². The molecule has 1 aromatic rings. The lowest BCUT2D eigenvalue weighted by Crippen LogP contribution is -2.72. The summed E-state index contributed by atoms with van der Waals surface area (Å²) in [5, 5.41) is 7.19. The van der Waals surface area contributed by atoms with E-state index in [1.165, 1.54) is 19.3 Å². The molecule has 1 heterocycles. The molecular formula is C21H28FN3O. The molecule has 5 heteroatoms. The summed E-state index contributed by atoms with van der Waals surface area (Å²) in [6, 6.07) is 7.66. The molecule has 0 radical (unpaired) electrons. The first-order chi connectivity index (χ1) is 12.7. The summed E-state index contributed by atoms with van der Waals surface area (Å²) in [6.07, 6.45) is 7.52. The van der Waals surface area contributed by atoms with Gasteiger partial charge in [0.15, 0.2) is 5.96 Å². The van der Waals surface area contributed by atoms with Crippen LogP contribution in [0.3, 0.4) is 0 Å². The van der Waals surface area contributed by atoms with Gasteiger partial charge in [0.25, 0.3) is 0 Å². The summed E-state index contributed by atoms with van der Waals surface area (Å²) >= 11 is 0. The number of aliphatic imine (C=N–C) groups is 1. The Morgan fingerprint density at radius 2 is 2.08 bits per heavy atom. The van der Waals surface area contributed by atoms with Gasteiger partial charge in [-0.1, -0.05) is 24.6 Å². The van der Waals surface area contributed by atoms with E-state index in [-0.39, 0.29) is 11.2 Å². The highest BCUT2D eigenvalue weighted by Gasteiger charge is 2.66. The van der Waals surface area contributed by atoms with E-state index in [1.54, 1.807) is 12.1 Å². The van der Waals surface area contributed by atoms with Gasteiger partial charge in [0, 0.05) is 43.0 Å². The SMILES string of the molecule is CN=C(NCC1(c2ccccc2F)CC1)NC1C2CCOC2C12CCC2. The molecule has 26 heavy (non-hydrogen) atoms. The fraction of sp³-hybridized carbons (Fsp3) is 0.667. The monoisotopic (exact) mass is 357 g/mol. The first-order valence-corrected chi connectivity index (χ1v) is 10.0. The fourth-order valence-corrected chi connectivity index (χ4v) is 5.63. The van der Waals surface area contributed by atoms with Gasteiger partial charge in [-0.25, -0.2) is 4.39 Å². The van der Waals surface area contributed by atoms with Crippen molar-refractivity contribution in [2.45, 2.75) is 56.1 Å². The average Bonchev–Trinajstić information content (AvgIpc) is 3.27. The first kappa shape index (κ1) is 16.5. The quantitative estimate of drug-likeness (QED) is 0.643. The normalized spacial score (nSPS) is 33.2. The first-order valence-electron chi connectivity index (χ1n) is 10.0. The zero-order valence-corrected chi connectivity index (χ0v) is 15.4. The number of hydrogen-bond donors (Lipinski definition) is 2. The number of nitrogens with one attached hydrogen (secondary N) is 2. The maximum Gasteiger partial charge on any atom is 0.191 e. The molecule has 140 valence electrons. The van der Waals surface area contributed by atoms with Gasteiger partial charge in [-0.2, -0.15) is 0 Å². The molecule has 0 amide bonds. The molecule has 5 rings (SSSR count). The summed E-state index contributed by atoms with van der Waals surface area (Å²) in [4.78, 5) is 4.45. The van der Waals surface area contributed by atoms with Crippen LogP contribution in [0.1, 0.15) is 44.1 Å². The topological polar surface area (TPSA) is 45.7 Å². The van der Waals surface area contributed by atoms with Gasteiger partial charge in [-0.15, -0.1) is 0 Å². The minimum Gasteiger partial charge on any atom is -0.377 e. The zero-order chi connectivity index (χ0) is 17.8. The van der Waals surface area contributed by atoms with Gasteiger partial charge in [0.1, 0.15) is 5.82 Å². The maximum absolute atomic E-state index is 14.2. The second-order valence-electron chi connectivity index (χ2n) is 8.64. The van der Waals surface area contributed by atoms with E-state index in [1.807, 2.05) is 19.2 Å². The number of guanidine groups is 1. The number of fused-ring (bicyclic) bond motifs is 2. The van der Waals surface area contributed by atoms with E-state index in [4.69, 9.17) is 4.74 Å². The van der Waals surface area contributed by atoms with E-state index in [0.717, 1.165) is 43.9 Å². The summed E-state index contributed by atoms with van der Waals surface area (Å²) in [7, 11) is 1.83. The number of halogens is 1. The lowest BCUT2D eigenvalue weighted by molar-refractivity contribution is -0.171. The lowest BCUT2D eigenvalue weighted by Gasteiger charge is -2.63. The summed E-state index contributed by atoms with van der Waals surface area (Å²) < 4.78 is 20.2. The second kappa shape index (κ2) is 5.95. The second-order valence-corrected chi connectivity index (χ2v) is 8.64. The molecular weight excluding hydrogens is 329 g/mol. The van der Waals surface area contributed by atoms with Crippen molar-refractivity contribution in [2.24, 2.45) is 16.3 Å². The zero-order valence-electron chi connectivity index (χ0n) is 15.4. The maximum atomic E-state index is 14.2. The van der Waals surface area contributed by atoms with Gasteiger partial charge in [0.05, 0.1) is 6.10 Å². The van der Waals surface area contributed by atoms with Crippen molar-refractivity contribution < 1.29 is 9.13 Å². The van der Waals surface area contributed by atoms with E-state index in [0.29, 0.717) is 23.5 Å². The molecule has 2 N–H and O–H groups in total. The Morgan fingerprint density at radius 3 is 2.73 bits per heavy atom. The summed E-state index contributed by atoms with van der Waals surface area (Å²) in [5.41, 5.74) is 1.10. The molecule has 3 saturated carbocycles. The molecule has 3 atom stereocenters. The summed E-state index contributed by atoms with van der Waals surface area (Å²) in [6.45, 7) is 1.63. The third kappa shape index (κ3) is 2.32. The molecule has 4 aliphatic rings. The smallest absolute Gasteiger partial charge is 0.191 e. The van der Waals surface area contributed by atoms with Crippen molar-refractivity contribution >= 4 is 5.96 Å². The molecule has 0 aromatic heterocycles. The third-order valence-corrected chi connectivity index (χ3v) is 7.44. The van der Waals surface area contributed by atoms with Crippen molar-refractivity contribution in [3.05, 3.63) is 35.6 Å². The highest BCUT2D eigenvalue weighted by Crippen LogP contribution is 2.62. The highest BCUT2D eigenvalue weighted by molar-refractivity contribution is 5.80. The molecule has 1 aromatic carbocycles. The number of ether oxygens (including phenoxy) is 1. The standard InChI is InChI=1S/C21H28FN3O/c1-23-19(24-13-20(10-11-20)15-5-2-3-6-16(15)22)25-17-14-7-12-26-18(14)21(17)8-4-9-21/h2-3,5-6,14,17-18H,4,7-13H2,1H3,(H2,23,24,25). The Morgan fingerprint density at radius 1 is 1.27 bits per heavy atom. The molecule has 1 spiro atoms. The Kier molecular flexibility index (Phi) is 3.78. The van der Waals surface area contributed by atoms with Crippen LogP contribution >= 0.6 is 0 Å². The Balaban J connectivity index is 1.25. The predicted octanol–water partition coefficient (Wildman–Crippen LogP) is 2.98. The average molecular weight is 357 g/mol. The Bertz CT molecular complexity index is 726. The number of rotatable bonds is 4. The molecule has 1 aliphatic heterocycles. The van der Waals surface area contributed by atoms with Crippen molar-refractivity contribution in [3.63, 3.8) is 0 Å².